The predicted octanol–water partition coefficient (Wildman–Crippen LogP) is 6.55. The van der Waals surface area contributed by atoms with E-state index in [2.05, 4.69) is 39.7 Å². The highest BCUT2D eigenvalue weighted by Gasteiger charge is 2.32. The summed E-state index contributed by atoms with van der Waals surface area (Å²) in [7, 11) is 0. The molecule has 0 radical (unpaired) electrons. The number of amides is 3. The number of hydrogen-bond acceptors (Lipinski definition) is 6. The van der Waals surface area contributed by atoms with Crippen molar-refractivity contribution < 1.29 is 31.9 Å². The van der Waals surface area contributed by atoms with Crippen LogP contribution in [0, 0.1) is 11.7 Å². The number of piperazine rings is 1. The van der Waals surface area contributed by atoms with E-state index in [1.165, 1.54) is 36.5 Å². The van der Waals surface area contributed by atoms with Gasteiger partial charge in [-0.15, -0.1) is 0 Å². The molecule has 0 bridgehead atoms. The van der Waals surface area contributed by atoms with Crippen molar-refractivity contribution in [3.05, 3.63) is 66.1 Å². The first-order valence-corrected chi connectivity index (χ1v) is 14.0. The fraction of sp³-hybridized carbons (Fsp3) is 0.367. The molecule has 0 atom stereocenters. The van der Waals surface area contributed by atoms with Crippen LogP contribution in [0.5, 0.6) is 11.5 Å². The lowest BCUT2D eigenvalue weighted by Gasteiger charge is -2.38. The fourth-order valence-corrected chi connectivity index (χ4v) is 4.72. The Morgan fingerprint density at radius 2 is 1.65 bits per heavy atom. The molecule has 43 heavy (non-hydrogen) atoms. The maximum Gasteiger partial charge on any atom is 0.416 e. The minimum absolute atomic E-state index is 0.0117. The summed E-state index contributed by atoms with van der Waals surface area (Å²) in [6.07, 6.45) is -1.52. The van der Waals surface area contributed by atoms with Gasteiger partial charge >= 0.3 is 12.2 Å². The summed E-state index contributed by atoms with van der Waals surface area (Å²) in [6, 6.07) is 9.61. The number of urea groups is 1. The summed E-state index contributed by atoms with van der Waals surface area (Å²) in [4.78, 5) is 32.8. The molecule has 1 aliphatic carbocycles. The minimum atomic E-state index is -4.61. The number of ether oxygens (including phenoxy) is 1. The molecule has 1 saturated heterocycles. The molecule has 2 aromatic carbocycles. The molecule has 2 heterocycles. The van der Waals surface area contributed by atoms with Gasteiger partial charge in [0.15, 0.2) is 11.6 Å². The van der Waals surface area contributed by atoms with Crippen LogP contribution in [-0.4, -0.2) is 54.0 Å². The molecule has 1 aliphatic heterocycles. The molecule has 1 aromatic heterocycles. The van der Waals surface area contributed by atoms with Gasteiger partial charge < -0.3 is 25.6 Å². The molecule has 228 valence electrons. The third-order valence-corrected chi connectivity index (χ3v) is 7.26. The lowest BCUT2D eigenvalue weighted by atomic mass is 10.1. The van der Waals surface area contributed by atoms with Crippen LogP contribution in [0.15, 0.2) is 54.7 Å². The number of pyridine rings is 1. The van der Waals surface area contributed by atoms with Crippen molar-refractivity contribution in [2.45, 2.75) is 38.9 Å². The number of rotatable bonds is 8. The van der Waals surface area contributed by atoms with Gasteiger partial charge in [-0.25, -0.2) is 14.2 Å². The summed E-state index contributed by atoms with van der Waals surface area (Å²) < 4.78 is 61.5. The summed E-state index contributed by atoms with van der Waals surface area (Å²) in [6.45, 7) is 6.66. The number of nitrogens with one attached hydrogen (secondary N) is 3. The highest BCUT2D eigenvalue weighted by Crippen LogP contribution is 2.35. The van der Waals surface area contributed by atoms with Crippen LogP contribution in [0.3, 0.4) is 0 Å². The third-order valence-electron chi connectivity index (χ3n) is 7.26. The molecule has 0 spiro atoms. The third kappa shape index (κ3) is 7.92. The average Bonchev–Trinajstić information content (AvgIpc) is 3.80. The number of benzene rings is 2. The quantitative estimate of drug-likeness (QED) is 0.254. The minimum Gasteiger partial charge on any atom is -0.454 e. The number of carbonyl (C=O) groups is 2. The monoisotopic (exact) mass is 600 g/mol. The first-order valence-electron chi connectivity index (χ1n) is 14.0. The zero-order valence-corrected chi connectivity index (χ0v) is 23.7. The Kier molecular flexibility index (Phi) is 8.71. The van der Waals surface area contributed by atoms with Gasteiger partial charge in [0.25, 0.3) is 0 Å². The summed E-state index contributed by atoms with van der Waals surface area (Å²) in [5.74, 6) is -0.556. The van der Waals surface area contributed by atoms with Crippen molar-refractivity contribution in [2.24, 2.45) is 5.92 Å². The Balaban J connectivity index is 1.23. The van der Waals surface area contributed by atoms with Crippen LogP contribution in [0.25, 0.3) is 0 Å². The van der Waals surface area contributed by atoms with Gasteiger partial charge in [0.05, 0.1) is 5.56 Å². The number of aromatic nitrogens is 1. The van der Waals surface area contributed by atoms with Gasteiger partial charge in [-0.2, -0.15) is 13.2 Å². The number of hydrogen-bond donors (Lipinski definition) is 3. The van der Waals surface area contributed by atoms with Gasteiger partial charge in [0, 0.05) is 73.5 Å². The van der Waals surface area contributed by atoms with Crippen molar-refractivity contribution in [2.75, 3.05) is 47.0 Å². The van der Waals surface area contributed by atoms with Gasteiger partial charge in [-0.1, -0.05) is 0 Å². The van der Waals surface area contributed by atoms with E-state index < -0.39 is 23.6 Å². The SMILES string of the molecule is CC(C)N1CCN(c2cc(NC(=O)Nc3ccc(Oc4ccnc(NC(=O)C5CC5)c4)c(F)c3)cc(C(F)(F)F)c2)CC1. The molecule has 3 amide bonds. The molecule has 5 rings (SSSR count). The summed E-state index contributed by atoms with van der Waals surface area (Å²) in [5, 5.41) is 7.56. The van der Waals surface area contributed by atoms with E-state index in [4.69, 9.17) is 4.74 Å². The number of nitrogens with zero attached hydrogens (tertiary/aromatic N) is 3. The first-order chi connectivity index (χ1) is 20.4. The number of alkyl halides is 3. The second kappa shape index (κ2) is 12.5. The van der Waals surface area contributed by atoms with Crippen LogP contribution in [0.1, 0.15) is 32.3 Å². The average molecular weight is 601 g/mol. The van der Waals surface area contributed by atoms with E-state index in [9.17, 15) is 27.2 Å². The Bertz CT molecular complexity index is 1490. The van der Waals surface area contributed by atoms with E-state index in [1.54, 1.807) is 0 Å². The summed E-state index contributed by atoms with van der Waals surface area (Å²) >= 11 is 0. The Hall–Kier alpha value is -4.39. The van der Waals surface area contributed by atoms with Crippen molar-refractivity contribution >= 4 is 34.8 Å². The zero-order valence-electron chi connectivity index (χ0n) is 23.7. The lowest BCUT2D eigenvalue weighted by molar-refractivity contribution is -0.137. The van der Waals surface area contributed by atoms with E-state index >= 15 is 0 Å². The first kappa shape index (κ1) is 30.1. The van der Waals surface area contributed by atoms with E-state index in [0.29, 0.717) is 37.9 Å². The Morgan fingerprint density at radius 1 is 0.930 bits per heavy atom. The Labute approximate surface area is 246 Å². The van der Waals surface area contributed by atoms with Crippen LogP contribution in [-0.2, 0) is 11.0 Å². The molecule has 13 heteroatoms. The standard InChI is InChI=1S/C30H32F4N6O3/c1-18(2)39-9-11-40(12-10-39)23-14-20(30(32,33)34)13-22(15-23)37-29(42)36-21-5-6-26(25(31)16-21)43-24-7-8-35-27(17-24)38-28(41)19-3-4-19/h5-8,13-19H,3-4,9-12H2,1-2H3,(H,35,38,41)(H2,36,37,42). The van der Waals surface area contributed by atoms with Crippen LogP contribution in [0.2, 0.25) is 0 Å². The second-order valence-electron chi connectivity index (χ2n) is 10.8. The van der Waals surface area contributed by atoms with Crippen LogP contribution >= 0.6 is 0 Å². The van der Waals surface area contributed by atoms with Crippen molar-refractivity contribution in [1.29, 1.82) is 0 Å². The highest BCUT2D eigenvalue weighted by molar-refractivity contribution is 6.00. The molecular formula is C30H32F4N6O3. The second-order valence-corrected chi connectivity index (χ2v) is 10.8. The number of carbonyl (C=O) groups excluding carboxylic acids is 2. The smallest absolute Gasteiger partial charge is 0.416 e. The maximum absolute atomic E-state index is 14.8. The largest absolute Gasteiger partial charge is 0.454 e. The van der Waals surface area contributed by atoms with Crippen molar-refractivity contribution in [3.8, 4) is 11.5 Å². The van der Waals surface area contributed by atoms with Crippen LogP contribution < -0.4 is 25.6 Å². The predicted molar refractivity (Wildman–Crippen MR) is 155 cm³/mol. The van der Waals surface area contributed by atoms with E-state index in [0.717, 1.165) is 31.0 Å². The molecule has 1 saturated carbocycles. The van der Waals surface area contributed by atoms with E-state index in [-0.39, 0.29) is 40.5 Å². The molecule has 3 N–H and O–H groups in total. The van der Waals surface area contributed by atoms with Crippen molar-refractivity contribution in [1.82, 2.24) is 9.88 Å². The topological polar surface area (TPSA) is 98.8 Å². The lowest BCUT2D eigenvalue weighted by Crippen LogP contribution is -2.49. The summed E-state index contributed by atoms with van der Waals surface area (Å²) in [5.41, 5.74) is -0.513. The van der Waals surface area contributed by atoms with Gasteiger partial charge in [-0.3, -0.25) is 9.69 Å². The van der Waals surface area contributed by atoms with Crippen molar-refractivity contribution in [3.63, 3.8) is 0 Å². The van der Waals surface area contributed by atoms with Gasteiger partial charge in [0.1, 0.15) is 11.6 Å². The molecule has 9 nitrogen and oxygen atoms in total. The molecule has 2 aliphatic rings. The normalized spacial score (nSPS) is 15.7. The van der Waals surface area contributed by atoms with Gasteiger partial charge in [-0.05, 0) is 63.1 Å². The molecular weight excluding hydrogens is 568 g/mol. The molecule has 2 fully saturated rings. The highest BCUT2D eigenvalue weighted by atomic mass is 19.4. The van der Waals surface area contributed by atoms with E-state index in [1.807, 2.05) is 4.90 Å². The number of halogens is 4. The maximum atomic E-state index is 14.8. The number of anilines is 4. The van der Waals surface area contributed by atoms with Gasteiger partial charge in [0.2, 0.25) is 5.91 Å². The Morgan fingerprint density at radius 3 is 2.30 bits per heavy atom. The zero-order chi connectivity index (χ0) is 30.7. The molecule has 3 aromatic rings. The van der Waals surface area contributed by atoms with Crippen LogP contribution in [0.4, 0.5) is 45.2 Å². The molecule has 0 unspecified atom stereocenters. The fourth-order valence-electron chi connectivity index (χ4n) is 4.72.